The zero-order valence-corrected chi connectivity index (χ0v) is 12.9. The van der Waals surface area contributed by atoms with Crippen LogP contribution in [0, 0.1) is 0 Å². The van der Waals surface area contributed by atoms with Gasteiger partial charge in [0.15, 0.2) is 5.96 Å². The maximum Gasteiger partial charge on any atom is 0.189 e. The first-order valence-corrected chi connectivity index (χ1v) is 8.17. The Hall–Kier alpha value is -1.75. The summed E-state index contributed by atoms with van der Waals surface area (Å²) >= 11 is 0. The van der Waals surface area contributed by atoms with E-state index in [1.165, 1.54) is 6.42 Å². The molecule has 1 aromatic carbocycles. The van der Waals surface area contributed by atoms with Crippen LogP contribution < -0.4 is 15.8 Å². The number of nitrogens with zero attached hydrogens (tertiary/aromatic N) is 1. The van der Waals surface area contributed by atoms with Crippen LogP contribution in [0.2, 0.25) is 0 Å². The Balaban J connectivity index is 1.62. The minimum atomic E-state index is -0.669. The lowest BCUT2D eigenvalue weighted by molar-refractivity contribution is 0.0132. The minimum absolute atomic E-state index is 0.120. The number of aliphatic hydroxyl groups is 1. The van der Waals surface area contributed by atoms with Gasteiger partial charge < -0.3 is 20.9 Å². The first-order valence-electron chi connectivity index (χ1n) is 8.17. The molecule has 1 aliphatic carbocycles. The lowest BCUT2D eigenvalue weighted by atomic mass is 9.85. The second kappa shape index (κ2) is 6.57. The Morgan fingerprint density at radius 2 is 2.09 bits per heavy atom. The number of nitrogens with one attached hydrogen (secondary N) is 1. The number of para-hydroxylation sites is 1. The molecule has 120 valence electrons. The number of rotatable bonds is 3. The molecule has 5 heteroatoms. The number of aliphatic imine (C=N–C) groups is 1. The Morgan fingerprint density at radius 3 is 2.91 bits per heavy atom. The highest BCUT2D eigenvalue weighted by atomic mass is 16.5. The highest BCUT2D eigenvalue weighted by molar-refractivity contribution is 5.78. The summed E-state index contributed by atoms with van der Waals surface area (Å²) < 4.78 is 5.65. The van der Waals surface area contributed by atoms with Gasteiger partial charge in [-0.15, -0.1) is 0 Å². The minimum Gasteiger partial charge on any atom is -0.493 e. The van der Waals surface area contributed by atoms with Crippen molar-refractivity contribution in [2.45, 2.75) is 50.2 Å². The van der Waals surface area contributed by atoms with Gasteiger partial charge in [-0.1, -0.05) is 37.5 Å². The van der Waals surface area contributed by atoms with Crippen LogP contribution in [0.4, 0.5) is 0 Å². The first-order chi connectivity index (χ1) is 10.7. The number of guanidine groups is 1. The standard InChI is InChI=1S/C17H25N3O2/c18-16(19-12-17(21)9-4-1-5-10-17)20-14-8-11-22-15-7-3-2-6-13(14)15/h2-3,6-7,14,21H,1,4-5,8-12H2,(H3,18,19,20). The molecule has 1 fully saturated rings. The average molecular weight is 303 g/mol. The van der Waals surface area contributed by atoms with Crippen LogP contribution in [0.1, 0.15) is 50.1 Å². The molecule has 3 rings (SSSR count). The van der Waals surface area contributed by atoms with Gasteiger partial charge >= 0.3 is 0 Å². The first kappa shape index (κ1) is 15.2. The number of hydrogen-bond donors (Lipinski definition) is 3. The van der Waals surface area contributed by atoms with Crippen molar-refractivity contribution in [3.05, 3.63) is 29.8 Å². The highest BCUT2D eigenvalue weighted by Gasteiger charge is 2.29. The molecule has 1 unspecified atom stereocenters. The number of fused-ring (bicyclic) bond motifs is 1. The summed E-state index contributed by atoms with van der Waals surface area (Å²) in [4.78, 5) is 4.38. The predicted molar refractivity (Wildman–Crippen MR) is 87.0 cm³/mol. The van der Waals surface area contributed by atoms with Gasteiger partial charge in [-0.25, -0.2) is 0 Å². The Bertz CT molecular complexity index is 538. The average Bonchev–Trinajstić information content (AvgIpc) is 2.54. The van der Waals surface area contributed by atoms with E-state index in [0.717, 1.165) is 43.4 Å². The third-order valence-corrected chi connectivity index (χ3v) is 4.61. The van der Waals surface area contributed by atoms with Crippen molar-refractivity contribution in [3.8, 4) is 5.75 Å². The van der Waals surface area contributed by atoms with E-state index in [9.17, 15) is 5.11 Å². The Labute approximate surface area is 131 Å². The number of benzene rings is 1. The van der Waals surface area contributed by atoms with Gasteiger partial charge in [0.1, 0.15) is 5.75 Å². The summed E-state index contributed by atoms with van der Waals surface area (Å²) in [6.07, 6.45) is 5.86. The molecule has 1 saturated carbocycles. The van der Waals surface area contributed by atoms with Crippen LogP contribution in [0.5, 0.6) is 5.75 Å². The van der Waals surface area contributed by atoms with Gasteiger partial charge in [0, 0.05) is 12.0 Å². The Kier molecular flexibility index (Phi) is 4.52. The summed E-state index contributed by atoms with van der Waals surface area (Å²) in [6.45, 7) is 1.06. The van der Waals surface area contributed by atoms with Gasteiger partial charge in [0.2, 0.25) is 0 Å². The van der Waals surface area contributed by atoms with Gasteiger partial charge in [0.05, 0.1) is 24.8 Å². The van der Waals surface area contributed by atoms with Crippen molar-refractivity contribution in [3.63, 3.8) is 0 Å². The lowest BCUT2D eigenvalue weighted by Crippen LogP contribution is -2.40. The van der Waals surface area contributed by atoms with Gasteiger partial charge in [-0.2, -0.15) is 0 Å². The third kappa shape index (κ3) is 3.53. The summed E-state index contributed by atoms with van der Waals surface area (Å²) in [6, 6.07) is 8.11. The number of hydrogen-bond acceptors (Lipinski definition) is 3. The summed E-state index contributed by atoms with van der Waals surface area (Å²) in [5, 5.41) is 13.7. The summed E-state index contributed by atoms with van der Waals surface area (Å²) in [5.41, 5.74) is 6.47. The molecule has 0 radical (unpaired) electrons. The summed E-state index contributed by atoms with van der Waals surface area (Å²) in [5.74, 6) is 1.31. The van der Waals surface area contributed by atoms with Gasteiger partial charge in [0.25, 0.3) is 0 Å². The predicted octanol–water partition coefficient (Wildman–Crippen LogP) is 2.11. The fourth-order valence-corrected chi connectivity index (χ4v) is 3.32. The van der Waals surface area contributed by atoms with Gasteiger partial charge in [-0.05, 0) is 18.9 Å². The largest absolute Gasteiger partial charge is 0.493 e. The van der Waals surface area contributed by atoms with Crippen LogP contribution >= 0.6 is 0 Å². The molecule has 22 heavy (non-hydrogen) atoms. The molecule has 1 atom stereocenters. The van der Waals surface area contributed by atoms with Crippen molar-refractivity contribution >= 4 is 5.96 Å². The number of ether oxygens (including phenoxy) is 1. The molecule has 0 spiro atoms. The smallest absolute Gasteiger partial charge is 0.189 e. The second-order valence-corrected chi connectivity index (χ2v) is 6.36. The van der Waals surface area contributed by atoms with E-state index in [-0.39, 0.29) is 6.04 Å². The number of nitrogens with two attached hydrogens (primary N) is 1. The summed E-state index contributed by atoms with van der Waals surface area (Å²) in [7, 11) is 0. The molecular weight excluding hydrogens is 278 g/mol. The Morgan fingerprint density at radius 1 is 1.32 bits per heavy atom. The van der Waals surface area contributed by atoms with Crippen molar-refractivity contribution in [2.75, 3.05) is 13.2 Å². The SMILES string of the molecule is NC(=NCC1(O)CCCCC1)NC1CCOc2ccccc21. The molecule has 0 bridgehead atoms. The van der Waals surface area contributed by atoms with Crippen molar-refractivity contribution in [1.29, 1.82) is 0 Å². The van der Waals surface area contributed by atoms with E-state index >= 15 is 0 Å². The molecule has 1 heterocycles. The third-order valence-electron chi connectivity index (χ3n) is 4.61. The monoisotopic (exact) mass is 303 g/mol. The molecule has 2 aliphatic rings. The molecule has 0 aromatic heterocycles. The van der Waals surface area contributed by atoms with Crippen LogP contribution in [0.3, 0.4) is 0 Å². The second-order valence-electron chi connectivity index (χ2n) is 6.36. The van der Waals surface area contributed by atoms with E-state index in [1.807, 2.05) is 24.3 Å². The zero-order valence-electron chi connectivity index (χ0n) is 12.9. The van der Waals surface area contributed by atoms with Crippen LogP contribution in [-0.4, -0.2) is 29.8 Å². The molecule has 1 aromatic rings. The van der Waals surface area contributed by atoms with Crippen molar-refractivity contribution in [2.24, 2.45) is 10.7 Å². The topological polar surface area (TPSA) is 79.9 Å². The molecule has 4 N–H and O–H groups in total. The fraction of sp³-hybridized carbons (Fsp3) is 0.588. The van der Waals surface area contributed by atoms with Crippen LogP contribution in [0.15, 0.2) is 29.3 Å². The van der Waals surface area contributed by atoms with E-state index < -0.39 is 5.60 Å². The quantitative estimate of drug-likeness (QED) is 0.590. The zero-order chi connectivity index (χ0) is 15.4. The van der Waals surface area contributed by atoms with E-state index in [0.29, 0.717) is 19.1 Å². The van der Waals surface area contributed by atoms with Crippen LogP contribution in [0.25, 0.3) is 0 Å². The lowest BCUT2D eigenvalue weighted by Gasteiger charge is -2.31. The maximum absolute atomic E-state index is 10.5. The molecule has 1 aliphatic heterocycles. The normalized spacial score (nSPS) is 24.2. The molecule has 0 amide bonds. The highest BCUT2D eigenvalue weighted by Crippen LogP contribution is 2.31. The maximum atomic E-state index is 10.5. The molecular formula is C17H25N3O2. The molecule has 0 saturated heterocycles. The molecule has 5 nitrogen and oxygen atoms in total. The van der Waals surface area contributed by atoms with E-state index in [2.05, 4.69) is 10.3 Å². The van der Waals surface area contributed by atoms with Crippen molar-refractivity contribution in [1.82, 2.24) is 5.32 Å². The van der Waals surface area contributed by atoms with E-state index in [4.69, 9.17) is 10.5 Å². The van der Waals surface area contributed by atoms with Gasteiger partial charge in [-0.3, -0.25) is 4.99 Å². The van der Waals surface area contributed by atoms with Crippen LogP contribution in [-0.2, 0) is 0 Å². The van der Waals surface area contributed by atoms with Crippen molar-refractivity contribution < 1.29 is 9.84 Å². The fourth-order valence-electron chi connectivity index (χ4n) is 3.32. The van der Waals surface area contributed by atoms with E-state index in [1.54, 1.807) is 0 Å².